The van der Waals surface area contributed by atoms with Crippen molar-refractivity contribution in [1.82, 2.24) is 0 Å². The van der Waals surface area contributed by atoms with Crippen molar-refractivity contribution < 1.29 is 9.59 Å². The van der Waals surface area contributed by atoms with Gasteiger partial charge in [-0.25, -0.2) is 0 Å². The molecule has 130 valence electrons. The van der Waals surface area contributed by atoms with E-state index in [0.29, 0.717) is 32.4 Å². The molecule has 0 heterocycles. The molecule has 3 rings (SSSR count). The average Bonchev–Trinajstić information content (AvgIpc) is 2.63. The summed E-state index contributed by atoms with van der Waals surface area (Å²) >= 11 is 15.4. The Morgan fingerprint density at radius 1 is 0.846 bits per heavy atom. The molecular weight excluding hydrogens is 437 g/mol. The van der Waals surface area contributed by atoms with Crippen LogP contribution in [0.15, 0.2) is 71.2 Å². The van der Waals surface area contributed by atoms with E-state index in [-0.39, 0.29) is 11.7 Å². The van der Waals surface area contributed by atoms with Gasteiger partial charge in [0.25, 0.3) is 5.91 Å². The Labute approximate surface area is 169 Å². The summed E-state index contributed by atoms with van der Waals surface area (Å²) in [7, 11) is 0. The Bertz CT molecular complexity index is 987. The van der Waals surface area contributed by atoms with E-state index in [1.54, 1.807) is 66.7 Å². The third kappa shape index (κ3) is 4.15. The second-order valence-corrected chi connectivity index (χ2v) is 7.22. The number of halogens is 3. The van der Waals surface area contributed by atoms with E-state index in [1.807, 2.05) is 0 Å². The molecule has 0 saturated carbocycles. The van der Waals surface area contributed by atoms with Crippen molar-refractivity contribution in [3.8, 4) is 0 Å². The summed E-state index contributed by atoms with van der Waals surface area (Å²) in [6, 6.07) is 18.4. The number of amides is 1. The molecule has 0 unspecified atom stereocenters. The molecule has 1 amide bonds. The maximum absolute atomic E-state index is 12.9. The zero-order valence-electron chi connectivity index (χ0n) is 13.3. The highest BCUT2D eigenvalue weighted by atomic mass is 79.9. The van der Waals surface area contributed by atoms with Gasteiger partial charge >= 0.3 is 0 Å². The summed E-state index contributed by atoms with van der Waals surface area (Å²) in [4.78, 5) is 25.4. The van der Waals surface area contributed by atoms with Gasteiger partial charge in [0.15, 0.2) is 5.78 Å². The summed E-state index contributed by atoms with van der Waals surface area (Å²) in [6.45, 7) is 0. The molecule has 0 aliphatic heterocycles. The van der Waals surface area contributed by atoms with Gasteiger partial charge in [-0.3, -0.25) is 9.59 Å². The van der Waals surface area contributed by atoms with Gasteiger partial charge in [0.05, 0.1) is 10.7 Å². The van der Waals surface area contributed by atoms with Crippen molar-refractivity contribution in [2.75, 3.05) is 5.32 Å². The number of carbonyl (C=O) groups excluding carboxylic acids is 2. The topological polar surface area (TPSA) is 46.2 Å². The van der Waals surface area contributed by atoms with Gasteiger partial charge in [0.2, 0.25) is 0 Å². The molecule has 3 aromatic rings. The first-order chi connectivity index (χ1) is 12.5. The van der Waals surface area contributed by atoms with E-state index in [4.69, 9.17) is 23.2 Å². The Morgan fingerprint density at radius 3 is 2.23 bits per heavy atom. The second-order valence-electron chi connectivity index (χ2n) is 5.46. The Kier molecular flexibility index (Phi) is 5.77. The van der Waals surface area contributed by atoms with Crippen LogP contribution in [0.4, 0.5) is 5.69 Å². The van der Waals surface area contributed by atoms with Crippen LogP contribution in [0.5, 0.6) is 0 Å². The van der Waals surface area contributed by atoms with Gasteiger partial charge in [0, 0.05) is 26.2 Å². The van der Waals surface area contributed by atoms with Gasteiger partial charge in [-0.15, -0.1) is 0 Å². The zero-order chi connectivity index (χ0) is 18.7. The molecule has 3 nitrogen and oxygen atoms in total. The van der Waals surface area contributed by atoms with Crippen molar-refractivity contribution in [2.45, 2.75) is 0 Å². The predicted octanol–water partition coefficient (Wildman–Crippen LogP) is 6.24. The molecule has 1 N–H and O–H groups in total. The van der Waals surface area contributed by atoms with Crippen molar-refractivity contribution in [1.29, 1.82) is 0 Å². The summed E-state index contributed by atoms with van der Waals surface area (Å²) in [5, 5.41) is 3.67. The van der Waals surface area contributed by atoms with Crippen LogP contribution in [0.2, 0.25) is 10.0 Å². The second kappa shape index (κ2) is 8.04. The molecule has 26 heavy (non-hydrogen) atoms. The molecule has 0 aromatic heterocycles. The van der Waals surface area contributed by atoms with Crippen LogP contribution in [-0.4, -0.2) is 11.7 Å². The van der Waals surface area contributed by atoms with E-state index in [0.717, 1.165) is 4.47 Å². The van der Waals surface area contributed by atoms with E-state index < -0.39 is 0 Å². The lowest BCUT2D eigenvalue weighted by atomic mass is 10.0. The molecule has 0 fully saturated rings. The Hall–Kier alpha value is -2.14. The molecule has 0 aliphatic rings. The molecule has 3 aromatic carbocycles. The average molecular weight is 449 g/mol. The highest BCUT2D eigenvalue weighted by Gasteiger charge is 2.18. The number of anilines is 1. The van der Waals surface area contributed by atoms with Crippen LogP contribution in [0.1, 0.15) is 26.3 Å². The van der Waals surface area contributed by atoms with Gasteiger partial charge in [-0.1, -0.05) is 51.3 Å². The summed E-state index contributed by atoms with van der Waals surface area (Å²) in [6.07, 6.45) is 0. The minimum Gasteiger partial charge on any atom is -0.321 e. The van der Waals surface area contributed by atoms with Gasteiger partial charge in [-0.05, 0) is 54.6 Å². The lowest BCUT2D eigenvalue weighted by Gasteiger charge is -2.12. The van der Waals surface area contributed by atoms with Crippen LogP contribution in [0.3, 0.4) is 0 Å². The quantitative estimate of drug-likeness (QED) is 0.480. The molecule has 0 saturated heterocycles. The molecule has 0 radical (unpaired) electrons. The first-order valence-corrected chi connectivity index (χ1v) is 9.16. The lowest BCUT2D eigenvalue weighted by Crippen LogP contribution is -2.15. The number of rotatable bonds is 4. The van der Waals surface area contributed by atoms with E-state index in [1.165, 1.54) is 0 Å². The summed E-state index contributed by atoms with van der Waals surface area (Å²) < 4.78 is 0.720. The third-order valence-electron chi connectivity index (χ3n) is 3.70. The highest BCUT2D eigenvalue weighted by Crippen LogP contribution is 2.27. The highest BCUT2D eigenvalue weighted by molar-refractivity contribution is 9.10. The standard InChI is InChI=1S/C20H12BrCl2NO2/c21-13-7-10-18(24-20(26)12-5-8-14(22)9-6-12)16(11-13)19(25)15-3-1-2-4-17(15)23/h1-11H,(H,24,26). The molecule has 0 bridgehead atoms. The molecule has 0 atom stereocenters. The van der Waals surface area contributed by atoms with Crippen molar-refractivity contribution in [3.63, 3.8) is 0 Å². The normalized spacial score (nSPS) is 10.4. The third-order valence-corrected chi connectivity index (χ3v) is 4.77. The van der Waals surface area contributed by atoms with E-state index in [9.17, 15) is 9.59 Å². The first-order valence-electron chi connectivity index (χ1n) is 7.61. The van der Waals surface area contributed by atoms with Gasteiger partial charge in [-0.2, -0.15) is 0 Å². The molecular formula is C20H12BrCl2NO2. The van der Waals surface area contributed by atoms with E-state index >= 15 is 0 Å². The number of nitrogens with one attached hydrogen (secondary N) is 1. The van der Waals surface area contributed by atoms with Gasteiger partial charge in [0.1, 0.15) is 0 Å². The van der Waals surface area contributed by atoms with Crippen LogP contribution in [0, 0.1) is 0 Å². The smallest absolute Gasteiger partial charge is 0.255 e. The SMILES string of the molecule is O=C(Nc1ccc(Br)cc1C(=O)c1ccccc1Cl)c1ccc(Cl)cc1. The minimum absolute atomic E-state index is 0.275. The van der Waals surface area contributed by atoms with E-state index in [2.05, 4.69) is 21.2 Å². The fourth-order valence-corrected chi connectivity index (χ4v) is 3.11. The summed E-state index contributed by atoms with van der Waals surface area (Å²) in [5.41, 5.74) is 1.55. The van der Waals surface area contributed by atoms with Crippen LogP contribution < -0.4 is 5.32 Å². The fraction of sp³-hybridized carbons (Fsp3) is 0. The number of ketones is 1. The largest absolute Gasteiger partial charge is 0.321 e. The number of carbonyl (C=O) groups is 2. The summed E-state index contributed by atoms with van der Waals surface area (Å²) in [5.74, 6) is -0.611. The number of hydrogen-bond donors (Lipinski definition) is 1. The zero-order valence-corrected chi connectivity index (χ0v) is 16.4. The Balaban J connectivity index is 1.96. The maximum Gasteiger partial charge on any atom is 0.255 e. The van der Waals surface area contributed by atoms with Gasteiger partial charge < -0.3 is 5.32 Å². The van der Waals surface area contributed by atoms with Crippen LogP contribution in [-0.2, 0) is 0 Å². The Morgan fingerprint density at radius 2 is 1.54 bits per heavy atom. The molecule has 0 aliphatic carbocycles. The number of hydrogen-bond acceptors (Lipinski definition) is 2. The fourth-order valence-electron chi connectivity index (χ4n) is 2.40. The van der Waals surface area contributed by atoms with Crippen LogP contribution >= 0.6 is 39.1 Å². The van der Waals surface area contributed by atoms with Crippen molar-refractivity contribution in [2.24, 2.45) is 0 Å². The maximum atomic E-state index is 12.9. The van der Waals surface area contributed by atoms with Crippen LogP contribution in [0.25, 0.3) is 0 Å². The first kappa shape index (κ1) is 18.6. The molecule has 0 spiro atoms. The molecule has 6 heteroatoms. The van der Waals surface area contributed by atoms with Crippen molar-refractivity contribution in [3.05, 3.63) is 97.9 Å². The van der Waals surface area contributed by atoms with Crippen molar-refractivity contribution >= 4 is 56.5 Å². The minimum atomic E-state index is -0.336. The number of benzene rings is 3. The predicted molar refractivity (Wildman–Crippen MR) is 108 cm³/mol. The monoisotopic (exact) mass is 447 g/mol. The lowest BCUT2D eigenvalue weighted by molar-refractivity contribution is 0.102.